The molecule has 1 fully saturated rings. The van der Waals surface area contributed by atoms with E-state index >= 15 is 0 Å². The molecule has 0 radical (unpaired) electrons. The number of aromatic amines is 3. The Labute approximate surface area is 174 Å². The van der Waals surface area contributed by atoms with Crippen LogP contribution in [0.4, 0.5) is 5.69 Å². The Hall–Kier alpha value is -3.21. The number of carbonyl (C=O) groups excluding carboxylic acids is 1. The van der Waals surface area contributed by atoms with Crippen molar-refractivity contribution in [1.82, 2.24) is 30.0 Å². The number of hydrogen-bond acceptors (Lipinski definition) is 6. The second kappa shape index (κ2) is 7.56. The maximum atomic E-state index is 13.1. The van der Waals surface area contributed by atoms with Crippen LogP contribution in [0.2, 0.25) is 5.02 Å². The number of carbonyl (C=O) groups is 1. The average Bonchev–Trinajstić information content (AvgIpc) is 3.32. The van der Waals surface area contributed by atoms with Crippen LogP contribution in [-0.2, 0) is 16.1 Å². The molecule has 0 unspecified atom stereocenters. The summed E-state index contributed by atoms with van der Waals surface area (Å²) in [5, 5.41) is 11.6. The maximum absolute atomic E-state index is 13.1. The predicted octanol–water partition coefficient (Wildman–Crippen LogP) is 1.62. The van der Waals surface area contributed by atoms with Crippen LogP contribution < -0.4 is 11.0 Å². The van der Waals surface area contributed by atoms with Crippen LogP contribution in [0, 0.1) is 0 Å². The number of hydrogen-bond donors (Lipinski definition) is 4. The van der Waals surface area contributed by atoms with Gasteiger partial charge >= 0.3 is 5.69 Å². The van der Waals surface area contributed by atoms with Crippen molar-refractivity contribution in [2.75, 3.05) is 25.1 Å². The van der Waals surface area contributed by atoms with Crippen molar-refractivity contribution < 1.29 is 9.53 Å². The highest BCUT2D eigenvalue weighted by Crippen LogP contribution is 2.33. The molecular weight excluding hydrogens is 410 g/mol. The van der Waals surface area contributed by atoms with E-state index in [4.69, 9.17) is 16.3 Å². The van der Waals surface area contributed by atoms with E-state index in [2.05, 4.69) is 30.5 Å². The standard InChI is InChI=1S/C19H18ClN7O3/c20-10-5-12-11-1-2-21-7-14(11)22-17(12)13(6-10)23-18(28)15-9-30-4-3-27(15)8-16-24-19(29)26-25-16/h1-2,5-7,15,22H,3-4,8-9H2,(H,23,28)(H2,24,25,26,29)/t15-/m0/s1. The monoisotopic (exact) mass is 427 g/mol. The average molecular weight is 428 g/mol. The zero-order valence-corrected chi connectivity index (χ0v) is 16.5. The number of aromatic nitrogens is 5. The summed E-state index contributed by atoms with van der Waals surface area (Å²) in [6.07, 6.45) is 3.45. The van der Waals surface area contributed by atoms with Gasteiger partial charge < -0.3 is 15.0 Å². The number of benzene rings is 1. The molecule has 30 heavy (non-hydrogen) atoms. The SMILES string of the molecule is O=C(Nc1cc(Cl)cc2c1[nH]c1cnccc12)[C@@H]1COCCN1Cc1n[nH]c(=O)[nH]1. The van der Waals surface area contributed by atoms with Crippen molar-refractivity contribution >= 4 is 45.0 Å². The topological polar surface area (TPSA) is 132 Å². The molecule has 0 bridgehead atoms. The van der Waals surface area contributed by atoms with Gasteiger partial charge in [-0.2, -0.15) is 5.10 Å². The van der Waals surface area contributed by atoms with E-state index in [0.29, 0.717) is 36.2 Å². The fourth-order valence-electron chi connectivity index (χ4n) is 3.77. The minimum absolute atomic E-state index is 0.229. The highest BCUT2D eigenvalue weighted by molar-refractivity contribution is 6.32. The Morgan fingerprint density at radius 2 is 2.23 bits per heavy atom. The van der Waals surface area contributed by atoms with E-state index in [9.17, 15) is 9.59 Å². The quantitative estimate of drug-likeness (QED) is 0.391. The van der Waals surface area contributed by atoms with Crippen LogP contribution in [0.3, 0.4) is 0 Å². The molecule has 1 aliphatic heterocycles. The number of ether oxygens (including phenoxy) is 1. The molecule has 3 aromatic heterocycles. The molecule has 1 saturated heterocycles. The minimum Gasteiger partial charge on any atom is -0.378 e. The number of fused-ring (bicyclic) bond motifs is 3. The van der Waals surface area contributed by atoms with E-state index < -0.39 is 6.04 Å². The summed E-state index contributed by atoms with van der Waals surface area (Å²) >= 11 is 6.33. The molecule has 0 spiro atoms. The highest BCUT2D eigenvalue weighted by Gasteiger charge is 2.30. The molecule has 0 aliphatic carbocycles. The third-order valence-electron chi connectivity index (χ3n) is 5.18. The van der Waals surface area contributed by atoms with Crippen LogP contribution in [0.15, 0.2) is 35.4 Å². The summed E-state index contributed by atoms with van der Waals surface area (Å²) in [4.78, 5) is 36.4. The lowest BCUT2D eigenvalue weighted by molar-refractivity contribution is -0.127. The van der Waals surface area contributed by atoms with Crippen LogP contribution >= 0.6 is 11.6 Å². The fraction of sp³-hybridized carbons (Fsp3) is 0.263. The van der Waals surface area contributed by atoms with Crippen molar-refractivity contribution in [3.8, 4) is 0 Å². The Balaban J connectivity index is 1.45. The smallest absolute Gasteiger partial charge is 0.340 e. The predicted molar refractivity (Wildman–Crippen MR) is 111 cm³/mol. The van der Waals surface area contributed by atoms with E-state index in [0.717, 1.165) is 21.8 Å². The molecule has 1 amide bonds. The summed E-state index contributed by atoms with van der Waals surface area (Å²) in [6.45, 7) is 1.59. The lowest BCUT2D eigenvalue weighted by Crippen LogP contribution is -2.51. The number of nitrogens with zero attached hydrogens (tertiary/aromatic N) is 3. The van der Waals surface area contributed by atoms with Crippen LogP contribution in [0.1, 0.15) is 5.82 Å². The summed E-state index contributed by atoms with van der Waals surface area (Å²) in [5.41, 5.74) is 1.83. The van der Waals surface area contributed by atoms with Gasteiger partial charge in [0, 0.05) is 28.5 Å². The van der Waals surface area contributed by atoms with E-state index in [1.165, 1.54) is 0 Å². The minimum atomic E-state index is -0.543. The number of amides is 1. The molecule has 1 aromatic carbocycles. The number of pyridine rings is 1. The van der Waals surface area contributed by atoms with Gasteiger partial charge in [0.15, 0.2) is 0 Å². The second-order valence-electron chi connectivity index (χ2n) is 7.10. The van der Waals surface area contributed by atoms with Gasteiger partial charge in [0.05, 0.1) is 42.7 Å². The van der Waals surface area contributed by atoms with Crippen LogP contribution in [0.25, 0.3) is 21.8 Å². The molecule has 10 nitrogen and oxygen atoms in total. The van der Waals surface area contributed by atoms with E-state index in [1.54, 1.807) is 18.5 Å². The zero-order chi connectivity index (χ0) is 20.7. The van der Waals surface area contributed by atoms with Gasteiger partial charge in [0.2, 0.25) is 5.91 Å². The van der Waals surface area contributed by atoms with Gasteiger partial charge in [0.1, 0.15) is 11.9 Å². The first-order valence-electron chi connectivity index (χ1n) is 9.39. The van der Waals surface area contributed by atoms with E-state index in [-0.39, 0.29) is 18.2 Å². The zero-order valence-electron chi connectivity index (χ0n) is 15.7. The molecular formula is C19H18ClN7O3. The Morgan fingerprint density at radius 3 is 3.07 bits per heavy atom. The van der Waals surface area contributed by atoms with Gasteiger partial charge in [-0.15, -0.1) is 0 Å². The van der Waals surface area contributed by atoms with Crippen molar-refractivity contribution in [3.05, 3.63) is 51.9 Å². The largest absolute Gasteiger partial charge is 0.378 e. The molecule has 1 aliphatic rings. The van der Waals surface area contributed by atoms with Crippen molar-refractivity contribution in [1.29, 1.82) is 0 Å². The number of H-pyrrole nitrogens is 3. The lowest BCUT2D eigenvalue weighted by atomic mass is 10.1. The molecule has 154 valence electrons. The van der Waals surface area contributed by atoms with Gasteiger partial charge in [-0.1, -0.05) is 11.6 Å². The number of nitrogens with one attached hydrogen (secondary N) is 4. The molecule has 5 rings (SSSR count). The van der Waals surface area contributed by atoms with Crippen molar-refractivity contribution in [2.24, 2.45) is 0 Å². The Kier molecular flexibility index (Phi) is 4.74. The Bertz CT molecular complexity index is 1290. The lowest BCUT2D eigenvalue weighted by Gasteiger charge is -2.33. The molecule has 4 heterocycles. The van der Waals surface area contributed by atoms with E-state index in [1.807, 2.05) is 17.0 Å². The first kappa shape index (κ1) is 18.8. The van der Waals surface area contributed by atoms with Gasteiger partial charge in [0.25, 0.3) is 0 Å². The van der Waals surface area contributed by atoms with Crippen LogP contribution in [-0.4, -0.2) is 61.8 Å². The fourth-order valence-corrected chi connectivity index (χ4v) is 3.99. The maximum Gasteiger partial charge on any atom is 0.340 e. The first-order valence-corrected chi connectivity index (χ1v) is 9.77. The normalized spacial score (nSPS) is 17.6. The highest BCUT2D eigenvalue weighted by atomic mass is 35.5. The van der Waals surface area contributed by atoms with Gasteiger partial charge in [-0.05, 0) is 18.2 Å². The second-order valence-corrected chi connectivity index (χ2v) is 7.53. The third kappa shape index (κ3) is 3.45. The molecule has 4 N–H and O–H groups in total. The molecule has 4 aromatic rings. The number of rotatable bonds is 4. The molecule has 0 saturated carbocycles. The Morgan fingerprint density at radius 1 is 1.33 bits per heavy atom. The summed E-state index contributed by atoms with van der Waals surface area (Å²) < 4.78 is 5.53. The summed E-state index contributed by atoms with van der Waals surface area (Å²) in [5.74, 6) is 0.237. The molecule has 1 atom stereocenters. The molecule has 11 heteroatoms. The number of anilines is 1. The first-order chi connectivity index (χ1) is 14.6. The van der Waals surface area contributed by atoms with Gasteiger partial charge in [-0.3, -0.25) is 19.7 Å². The number of halogens is 1. The number of morpholine rings is 1. The third-order valence-corrected chi connectivity index (χ3v) is 5.40. The summed E-state index contributed by atoms with van der Waals surface area (Å²) in [7, 11) is 0. The van der Waals surface area contributed by atoms with Crippen molar-refractivity contribution in [2.45, 2.75) is 12.6 Å². The van der Waals surface area contributed by atoms with Crippen LogP contribution in [0.5, 0.6) is 0 Å². The van der Waals surface area contributed by atoms with Gasteiger partial charge in [-0.25, -0.2) is 9.89 Å². The van der Waals surface area contributed by atoms with Crippen molar-refractivity contribution in [3.63, 3.8) is 0 Å². The summed E-state index contributed by atoms with van der Waals surface area (Å²) in [6, 6.07) is 4.93.